The Bertz CT molecular complexity index is 1210. The Morgan fingerprint density at radius 1 is 1.06 bits per heavy atom. The summed E-state index contributed by atoms with van der Waals surface area (Å²) in [6, 6.07) is 10.4. The van der Waals surface area contributed by atoms with E-state index in [0.29, 0.717) is 42.4 Å². The van der Waals surface area contributed by atoms with Crippen LogP contribution < -0.4 is 4.90 Å². The Morgan fingerprint density at radius 3 is 2.48 bits per heavy atom. The lowest BCUT2D eigenvalue weighted by molar-refractivity contribution is 0.529. The average molecular weight is 581 g/mol. The topological polar surface area (TPSA) is 50.3 Å². The highest BCUT2D eigenvalue weighted by molar-refractivity contribution is 9.10. The quantitative estimate of drug-likeness (QED) is 0.330. The molecule has 0 amide bonds. The maximum Gasteiger partial charge on any atom is 0.185 e. The molecule has 164 valence electrons. The smallest absolute Gasteiger partial charge is 0.185 e. The second kappa shape index (κ2) is 9.57. The molecule has 0 bridgehead atoms. The highest BCUT2D eigenvalue weighted by Crippen LogP contribution is 2.33. The Labute approximate surface area is 209 Å². The second-order valence-electron chi connectivity index (χ2n) is 7.34. The van der Waals surface area contributed by atoms with Crippen LogP contribution in [0, 0.1) is 0 Å². The van der Waals surface area contributed by atoms with E-state index in [4.69, 9.17) is 39.8 Å². The van der Waals surface area contributed by atoms with Crippen LogP contribution in [0.15, 0.2) is 51.1 Å². The van der Waals surface area contributed by atoms with Crippen molar-refractivity contribution in [1.82, 2.24) is 4.98 Å². The first kappa shape index (κ1) is 23.3. The minimum absolute atomic E-state index is 0.201. The number of piperidine rings is 1. The fourth-order valence-electron chi connectivity index (χ4n) is 3.63. The standard InChI is InChI=1S/C21H18BrCl3N2O2S2/c22-14-2-4-20(19(25)10-14)31(28,29)17-5-7-27(8-6-17)21-26-16(12-30-21)9-13-1-3-15(23)11-18(13)24/h1-4,10-12,17H,5-9H2. The number of thiazole rings is 1. The summed E-state index contributed by atoms with van der Waals surface area (Å²) in [4.78, 5) is 7.09. The minimum atomic E-state index is -3.48. The molecule has 2 aromatic carbocycles. The molecular formula is C21H18BrCl3N2O2S2. The molecule has 1 aromatic heterocycles. The highest BCUT2D eigenvalue weighted by Gasteiger charge is 2.33. The normalized spacial score (nSPS) is 15.4. The lowest BCUT2D eigenvalue weighted by Crippen LogP contribution is -2.39. The lowest BCUT2D eigenvalue weighted by Gasteiger charge is -2.31. The van der Waals surface area contributed by atoms with E-state index in [-0.39, 0.29) is 9.92 Å². The summed E-state index contributed by atoms with van der Waals surface area (Å²) in [5.74, 6) is 0. The van der Waals surface area contributed by atoms with Crippen molar-refractivity contribution < 1.29 is 8.42 Å². The van der Waals surface area contributed by atoms with Gasteiger partial charge in [0, 0.05) is 39.4 Å². The summed E-state index contributed by atoms with van der Waals surface area (Å²) in [7, 11) is -3.48. The Balaban J connectivity index is 1.42. The van der Waals surface area contributed by atoms with E-state index in [1.54, 1.807) is 35.6 Å². The van der Waals surface area contributed by atoms with Gasteiger partial charge in [-0.1, -0.05) is 56.8 Å². The molecule has 0 saturated carbocycles. The number of benzene rings is 2. The number of aromatic nitrogens is 1. The van der Waals surface area contributed by atoms with Gasteiger partial charge >= 0.3 is 0 Å². The summed E-state index contributed by atoms with van der Waals surface area (Å²) in [6.45, 7) is 1.26. The molecular weight excluding hydrogens is 563 g/mol. The van der Waals surface area contributed by atoms with Gasteiger partial charge in [0.2, 0.25) is 0 Å². The predicted molar refractivity (Wildman–Crippen MR) is 133 cm³/mol. The van der Waals surface area contributed by atoms with Crippen molar-refractivity contribution >= 4 is 77.0 Å². The van der Waals surface area contributed by atoms with Crippen LogP contribution in [0.4, 0.5) is 5.13 Å². The molecule has 0 N–H and O–H groups in total. The zero-order valence-corrected chi connectivity index (χ0v) is 21.7. The number of anilines is 1. The number of hydrogen-bond donors (Lipinski definition) is 0. The molecule has 1 fully saturated rings. The summed E-state index contributed by atoms with van der Waals surface area (Å²) in [5, 5.41) is 3.95. The van der Waals surface area contributed by atoms with Gasteiger partial charge in [0.15, 0.2) is 15.0 Å². The summed E-state index contributed by atoms with van der Waals surface area (Å²) >= 11 is 23.3. The molecule has 2 heterocycles. The molecule has 1 aliphatic rings. The largest absolute Gasteiger partial charge is 0.348 e. The number of nitrogens with zero attached hydrogens (tertiary/aromatic N) is 2. The van der Waals surface area contributed by atoms with Gasteiger partial charge in [-0.3, -0.25) is 0 Å². The third-order valence-electron chi connectivity index (χ3n) is 5.28. The molecule has 4 rings (SSSR count). The van der Waals surface area contributed by atoms with Gasteiger partial charge in [-0.05, 0) is 48.7 Å². The molecule has 3 aromatic rings. The van der Waals surface area contributed by atoms with Gasteiger partial charge < -0.3 is 4.90 Å². The van der Waals surface area contributed by atoms with E-state index >= 15 is 0 Å². The molecule has 31 heavy (non-hydrogen) atoms. The second-order valence-corrected chi connectivity index (χ2v) is 12.5. The molecule has 1 saturated heterocycles. The average Bonchev–Trinajstić information content (AvgIpc) is 3.18. The molecule has 0 atom stereocenters. The molecule has 4 nitrogen and oxygen atoms in total. The van der Waals surface area contributed by atoms with Crippen LogP contribution in [0.5, 0.6) is 0 Å². The molecule has 0 spiro atoms. The number of sulfone groups is 1. The third kappa shape index (κ3) is 5.23. The van der Waals surface area contributed by atoms with E-state index in [1.165, 1.54) is 0 Å². The van der Waals surface area contributed by atoms with E-state index < -0.39 is 15.1 Å². The summed E-state index contributed by atoms with van der Waals surface area (Å²) in [5.41, 5.74) is 1.90. The molecule has 10 heteroatoms. The van der Waals surface area contributed by atoms with Gasteiger partial charge in [0.1, 0.15) is 0 Å². The van der Waals surface area contributed by atoms with Gasteiger partial charge in [0.05, 0.1) is 20.9 Å². The molecule has 0 aliphatic carbocycles. The zero-order chi connectivity index (χ0) is 22.2. The number of rotatable bonds is 5. The SMILES string of the molecule is O=S(=O)(c1ccc(Br)cc1Cl)C1CCN(c2nc(Cc3ccc(Cl)cc3Cl)cs2)CC1. The van der Waals surface area contributed by atoms with Crippen molar-refractivity contribution in [2.24, 2.45) is 0 Å². The van der Waals surface area contributed by atoms with E-state index in [9.17, 15) is 8.42 Å². The van der Waals surface area contributed by atoms with Crippen LogP contribution in [0.1, 0.15) is 24.1 Å². The molecule has 1 aliphatic heterocycles. The summed E-state index contributed by atoms with van der Waals surface area (Å²) in [6.07, 6.45) is 1.69. The first-order valence-corrected chi connectivity index (χ1v) is 13.9. The minimum Gasteiger partial charge on any atom is -0.348 e. The van der Waals surface area contributed by atoms with Crippen molar-refractivity contribution in [3.8, 4) is 0 Å². The maximum absolute atomic E-state index is 13.1. The third-order valence-corrected chi connectivity index (χ3v) is 10.1. The number of halogens is 4. The fraction of sp³-hybridized carbons (Fsp3) is 0.286. The summed E-state index contributed by atoms with van der Waals surface area (Å²) < 4.78 is 26.9. The van der Waals surface area contributed by atoms with Crippen LogP contribution in [0.3, 0.4) is 0 Å². The van der Waals surface area contributed by atoms with E-state index in [0.717, 1.165) is 20.9 Å². The van der Waals surface area contributed by atoms with Gasteiger partial charge in [0.25, 0.3) is 0 Å². The van der Waals surface area contributed by atoms with Crippen molar-refractivity contribution in [3.63, 3.8) is 0 Å². The van der Waals surface area contributed by atoms with Gasteiger partial charge in [-0.15, -0.1) is 11.3 Å². The zero-order valence-electron chi connectivity index (χ0n) is 16.2. The van der Waals surface area contributed by atoms with E-state index in [2.05, 4.69) is 20.8 Å². The molecule has 0 radical (unpaired) electrons. The van der Waals surface area contributed by atoms with Crippen molar-refractivity contribution in [1.29, 1.82) is 0 Å². The Hall–Kier alpha value is -0.830. The van der Waals surface area contributed by atoms with Crippen LogP contribution in [-0.2, 0) is 16.3 Å². The predicted octanol–water partition coefficient (Wildman–Crippen LogP) is 6.90. The molecule has 0 unspecified atom stereocenters. The van der Waals surface area contributed by atoms with Crippen LogP contribution >= 0.6 is 62.1 Å². The Morgan fingerprint density at radius 2 is 1.81 bits per heavy atom. The van der Waals surface area contributed by atoms with Crippen molar-refractivity contribution in [3.05, 3.63) is 72.6 Å². The number of hydrogen-bond acceptors (Lipinski definition) is 5. The van der Waals surface area contributed by atoms with E-state index in [1.807, 2.05) is 17.5 Å². The van der Waals surface area contributed by atoms with Crippen LogP contribution in [-0.4, -0.2) is 31.7 Å². The fourth-order valence-corrected chi connectivity index (χ4v) is 7.76. The Kier molecular flexibility index (Phi) is 7.21. The highest BCUT2D eigenvalue weighted by atomic mass is 79.9. The lowest BCUT2D eigenvalue weighted by atomic mass is 10.1. The monoisotopic (exact) mass is 578 g/mol. The maximum atomic E-state index is 13.1. The van der Waals surface area contributed by atoms with Crippen molar-refractivity contribution in [2.45, 2.75) is 29.4 Å². The van der Waals surface area contributed by atoms with Crippen molar-refractivity contribution in [2.75, 3.05) is 18.0 Å². The van der Waals surface area contributed by atoms with Gasteiger partial charge in [-0.2, -0.15) is 0 Å². The first-order chi connectivity index (χ1) is 14.7. The van der Waals surface area contributed by atoms with Crippen LogP contribution in [0.2, 0.25) is 15.1 Å². The van der Waals surface area contributed by atoms with Crippen LogP contribution in [0.25, 0.3) is 0 Å². The van der Waals surface area contributed by atoms with Gasteiger partial charge in [-0.25, -0.2) is 13.4 Å². The first-order valence-electron chi connectivity index (χ1n) is 9.56.